The second-order valence-electron chi connectivity index (χ2n) is 7.16. The minimum Gasteiger partial charge on any atom is -1.00 e. The van der Waals surface area contributed by atoms with E-state index in [0.717, 1.165) is 27.7 Å². The average Bonchev–Trinajstić information content (AvgIpc) is 2.90. The Labute approximate surface area is 238 Å². The van der Waals surface area contributed by atoms with Gasteiger partial charge in [-0.25, -0.2) is 9.97 Å². The smallest absolute Gasteiger partial charge is 1.00 e. The summed E-state index contributed by atoms with van der Waals surface area (Å²) in [4.78, 5) is 8.79. The Morgan fingerprint density at radius 2 is 1.03 bits per heavy atom. The third-order valence-electron chi connectivity index (χ3n) is 4.84. The average molecular weight is 550 g/mol. The second kappa shape index (κ2) is 15.3. The molecule has 6 aromatic rings. The zero-order valence-corrected chi connectivity index (χ0v) is 22.8. The van der Waals surface area contributed by atoms with Crippen molar-refractivity contribution in [1.82, 2.24) is 9.97 Å². The predicted molar refractivity (Wildman–Crippen MR) is 145 cm³/mol. The molecular formula is C30H22BrClMgN2. The molecule has 2 aromatic heterocycles. The summed E-state index contributed by atoms with van der Waals surface area (Å²) < 4.78 is 0. The van der Waals surface area contributed by atoms with Crippen LogP contribution in [-0.2, 0) is 0 Å². The summed E-state index contributed by atoms with van der Waals surface area (Å²) in [6.07, 6.45) is 0. The van der Waals surface area contributed by atoms with Crippen LogP contribution < -0.4 is 17.0 Å². The third-order valence-corrected chi connectivity index (χ3v) is 5.05. The monoisotopic (exact) mass is 548 g/mol. The van der Waals surface area contributed by atoms with Gasteiger partial charge in [-0.1, -0.05) is 84.4 Å². The predicted octanol–water partition coefficient (Wildman–Crippen LogP) is 4.90. The number of hydrogen-bond donors (Lipinski definition) is 0. The molecule has 0 saturated heterocycles. The van der Waals surface area contributed by atoms with Crippen molar-refractivity contribution in [2.45, 2.75) is 0 Å². The molecule has 0 N–H and O–H groups in total. The van der Waals surface area contributed by atoms with Gasteiger partial charge in [0.1, 0.15) is 5.15 Å². The third kappa shape index (κ3) is 8.75. The van der Waals surface area contributed by atoms with Crippen LogP contribution in [0.5, 0.6) is 0 Å². The fourth-order valence-corrected chi connectivity index (χ4v) is 3.37. The Balaban J connectivity index is 0.000000199. The van der Waals surface area contributed by atoms with Crippen molar-refractivity contribution in [3.05, 3.63) is 145 Å². The van der Waals surface area contributed by atoms with Crippen LogP contribution in [0.25, 0.3) is 33.1 Å². The van der Waals surface area contributed by atoms with Crippen molar-refractivity contribution >= 4 is 56.5 Å². The number of halogens is 2. The summed E-state index contributed by atoms with van der Waals surface area (Å²) in [5, 5.41) is 2.85. The first-order valence-electron chi connectivity index (χ1n) is 10.6. The van der Waals surface area contributed by atoms with Gasteiger partial charge in [0, 0.05) is 16.3 Å². The topological polar surface area (TPSA) is 25.8 Å². The molecule has 0 aliphatic heterocycles. The molecule has 0 bridgehead atoms. The van der Waals surface area contributed by atoms with Crippen molar-refractivity contribution in [3.63, 3.8) is 0 Å². The maximum absolute atomic E-state index is 5.71. The van der Waals surface area contributed by atoms with Gasteiger partial charge in [0.05, 0.1) is 16.7 Å². The summed E-state index contributed by atoms with van der Waals surface area (Å²) in [5.74, 6) is 0. The number of fused-ring (bicyclic) bond motifs is 2. The number of para-hydroxylation sites is 2. The van der Waals surface area contributed by atoms with E-state index in [9.17, 15) is 0 Å². The quantitative estimate of drug-likeness (QED) is 0.166. The Morgan fingerprint density at radius 3 is 1.60 bits per heavy atom. The number of rotatable bonds is 1. The van der Waals surface area contributed by atoms with E-state index in [1.54, 1.807) is 6.07 Å². The normalized spacial score (nSPS) is 9.40. The van der Waals surface area contributed by atoms with Gasteiger partial charge < -0.3 is 17.0 Å². The van der Waals surface area contributed by atoms with Gasteiger partial charge in [0.25, 0.3) is 0 Å². The summed E-state index contributed by atoms with van der Waals surface area (Å²) in [7, 11) is 0. The summed E-state index contributed by atoms with van der Waals surface area (Å²) in [6, 6.07) is 46.8. The van der Waals surface area contributed by atoms with Crippen molar-refractivity contribution in [1.29, 1.82) is 0 Å². The van der Waals surface area contributed by atoms with Gasteiger partial charge in [-0.15, -0.1) is 0 Å². The van der Waals surface area contributed by atoms with Gasteiger partial charge in [-0.2, -0.15) is 36.4 Å². The molecule has 6 rings (SSSR count). The molecule has 0 spiro atoms. The van der Waals surface area contributed by atoms with E-state index >= 15 is 0 Å². The molecule has 0 aliphatic carbocycles. The molecular weight excluding hydrogens is 528 g/mol. The summed E-state index contributed by atoms with van der Waals surface area (Å²) >= 11 is 5.71. The van der Waals surface area contributed by atoms with Gasteiger partial charge >= 0.3 is 23.1 Å². The number of benzene rings is 4. The first-order chi connectivity index (χ1) is 16.3. The molecule has 2 heterocycles. The maximum atomic E-state index is 5.71. The zero-order chi connectivity index (χ0) is 22.7. The fourth-order valence-electron chi connectivity index (χ4n) is 3.22. The Bertz CT molecular complexity index is 1400. The van der Waals surface area contributed by atoms with Crippen LogP contribution in [0.15, 0.2) is 133 Å². The summed E-state index contributed by atoms with van der Waals surface area (Å²) in [6.45, 7) is 0. The van der Waals surface area contributed by atoms with E-state index in [1.165, 1.54) is 5.39 Å². The molecule has 4 aromatic carbocycles. The fraction of sp³-hybridized carbons (Fsp3) is 0. The minimum atomic E-state index is 0. The van der Waals surface area contributed by atoms with E-state index in [2.05, 4.69) is 46.4 Å². The van der Waals surface area contributed by atoms with Crippen molar-refractivity contribution in [2.75, 3.05) is 0 Å². The van der Waals surface area contributed by atoms with Crippen LogP contribution in [0.1, 0.15) is 0 Å². The van der Waals surface area contributed by atoms with E-state index in [0.29, 0.717) is 5.15 Å². The molecule has 168 valence electrons. The number of hydrogen-bond acceptors (Lipinski definition) is 2. The van der Waals surface area contributed by atoms with Crippen LogP contribution in [0.2, 0.25) is 5.15 Å². The molecule has 0 saturated carbocycles. The summed E-state index contributed by atoms with van der Waals surface area (Å²) in [5.41, 5.74) is 4.18. The maximum Gasteiger partial charge on any atom is 2.00 e. The number of nitrogens with zero attached hydrogens (tertiary/aromatic N) is 2. The molecule has 0 aliphatic rings. The first-order valence-corrected chi connectivity index (χ1v) is 11.0. The largest absolute Gasteiger partial charge is 2.00 e. The van der Waals surface area contributed by atoms with Crippen molar-refractivity contribution < 1.29 is 17.0 Å². The zero-order valence-electron chi connectivity index (χ0n) is 19.1. The van der Waals surface area contributed by atoms with Crippen molar-refractivity contribution in [2.24, 2.45) is 0 Å². The Kier molecular flexibility index (Phi) is 12.4. The molecule has 5 heteroatoms. The molecule has 0 atom stereocenters. The van der Waals surface area contributed by atoms with Gasteiger partial charge in [0.15, 0.2) is 0 Å². The van der Waals surface area contributed by atoms with Crippen LogP contribution in [0.4, 0.5) is 0 Å². The van der Waals surface area contributed by atoms with E-state index in [-0.39, 0.29) is 40.0 Å². The van der Waals surface area contributed by atoms with Crippen LogP contribution in [0, 0.1) is 6.07 Å². The molecule has 0 fully saturated rings. The van der Waals surface area contributed by atoms with Crippen LogP contribution >= 0.6 is 11.6 Å². The number of pyridine rings is 2. The Morgan fingerprint density at radius 1 is 0.514 bits per heavy atom. The molecule has 2 nitrogen and oxygen atoms in total. The van der Waals surface area contributed by atoms with Gasteiger partial charge in [-0.05, 0) is 30.3 Å². The van der Waals surface area contributed by atoms with E-state index < -0.39 is 0 Å². The first kappa shape index (κ1) is 28.5. The molecule has 0 unspecified atom stereocenters. The van der Waals surface area contributed by atoms with Gasteiger partial charge in [-0.3, -0.25) is 0 Å². The second-order valence-corrected chi connectivity index (χ2v) is 7.55. The Hall–Kier alpha value is -2.76. The molecule has 0 amide bonds. The van der Waals surface area contributed by atoms with Crippen LogP contribution in [0.3, 0.4) is 0 Å². The van der Waals surface area contributed by atoms with Crippen LogP contribution in [-0.4, -0.2) is 33.0 Å². The van der Waals surface area contributed by atoms with E-state index in [4.69, 9.17) is 11.6 Å². The van der Waals surface area contributed by atoms with Gasteiger partial charge in [0.2, 0.25) is 0 Å². The molecule has 35 heavy (non-hydrogen) atoms. The minimum absolute atomic E-state index is 0. The SMILES string of the molecule is Clc1ccc2ccccc2n1.[Br-].[Mg+2].[c-]1ccccc1.c1ccc(-c2ccc3ccccc3n2)cc1. The molecule has 0 radical (unpaired) electrons. The number of aromatic nitrogens is 2. The van der Waals surface area contributed by atoms with Crippen molar-refractivity contribution in [3.8, 4) is 11.3 Å². The van der Waals surface area contributed by atoms with E-state index in [1.807, 2.05) is 97.1 Å². The standard InChI is InChI=1S/C15H11N.C9H6ClN.C6H5.BrH.Mg/c1-2-6-12(7-3-1)15-11-10-13-8-4-5-9-14(13)16-15;10-9-6-5-7-3-1-2-4-8(7)11-9;1-2-4-6-5-3-1;;/h1-11H;1-6H;1-5H;1H;/q;;-1;;+2/p-1.